The maximum atomic E-state index is 4.36. The summed E-state index contributed by atoms with van der Waals surface area (Å²) >= 11 is 0. The summed E-state index contributed by atoms with van der Waals surface area (Å²) in [4.78, 5) is 8.73. The normalized spacial score (nSPS) is 7.94. The monoisotopic (exact) mass is 471 g/mol. The SMILES string of the molecule is C.C.C.C.CC.CCC.CCCC.c1ccc(CCc2cnc(Nc3ccccc3)nc2)cc1. The summed E-state index contributed by atoms with van der Waals surface area (Å²) in [5.74, 6) is 0.629. The molecule has 0 radical (unpaired) electrons. The number of nitrogens with one attached hydrogen (secondary N) is 1. The van der Waals surface area contributed by atoms with Gasteiger partial charge in [0, 0.05) is 18.1 Å². The number of rotatable bonds is 6. The van der Waals surface area contributed by atoms with E-state index in [0.29, 0.717) is 5.95 Å². The van der Waals surface area contributed by atoms with Crippen molar-refractivity contribution in [2.75, 3.05) is 5.32 Å². The van der Waals surface area contributed by atoms with Crippen molar-refractivity contribution in [3.8, 4) is 0 Å². The average molecular weight is 472 g/mol. The van der Waals surface area contributed by atoms with Gasteiger partial charge in [-0.25, -0.2) is 9.97 Å². The number of unbranched alkanes of at least 4 members (excludes halogenated alkanes) is 1. The fraction of sp³-hybridized carbons (Fsp3) is 0.484. The van der Waals surface area contributed by atoms with E-state index in [1.54, 1.807) is 0 Å². The fourth-order valence-corrected chi connectivity index (χ4v) is 2.13. The fourth-order valence-electron chi connectivity index (χ4n) is 2.13. The second-order valence-corrected chi connectivity index (χ2v) is 6.60. The molecular formula is C31H57N3. The highest BCUT2D eigenvalue weighted by Gasteiger charge is 1.99. The van der Waals surface area contributed by atoms with E-state index in [9.17, 15) is 0 Å². The van der Waals surface area contributed by atoms with Crippen molar-refractivity contribution in [2.45, 2.75) is 103 Å². The summed E-state index contributed by atoms with van der Waals surface area (Å²) in [5.41, 5.74) is 3.48. The van der Waals surface area contributed by atoms with Gasteiger partial charge in [0.15, 0.2) is 0 Å². The van der Waals surface area contributed by atoms with E-state index in [4.69, 9.17) is 0 Å². The minimum absolute atomic E-state index is 0. The molecule has 1 heterocycles. The molecule has 0 aliphatic heterocycles. The Hall–Kier alpha value is -2.68. The number of anilines is 2. The first-order valence-electron chi connectivity index (χ1n) is 11.4. The minimum atomic E-state index is 0. The van der Waals surface area contributed by atoms with Gasteiger partial charge in [0.05, 0.1) is 0 Å². The number of aromatic nitrogens is 2. The summed E-state index contributed by atoms with van der Waals surface area (Å²) in [7, 11) is 0. The zero-order chi connectivity index (χ0) is 22.5. The quantitative estimate of drug-likeness (QED) is 0.388. The highest BCUT2D eigenvalue weighted by Crippen LogP contribution is 2.12. The largest absolute Gasteiger partial charge is 0.324 e. The summed E-state index contributed by atoms with van der Waals surface area (Å²) in [6.07, 6.45) is 9.63. The van der Waals surface area contributed by atoms with Gasteiger partial charge in [0.25, 0.3) is 0 Å². The van der Waals surface area contributed by atoms with Crippen LogP contribution in [0.3, 0.4) is 0 Å². The zero-order valence-electron chi connectivity index (χ0n) is 19.9. The Morgan fingerprint density at radius 2 is 0.971 bits per heavy atom. The summed E-state index contributed by atoms with van der Waals surface area (Å²) in [6.45, 7) is 12.6. The Labute approximate surface area is 214 Å². The van der Waals surface area contributed by atoms with Gasteiger partial charge < -0.3 is 5.32 Å². The lowest BCUT2D eigenvalue weighted by Crippen LogP contribution is -1.99. The number of nitrogens with zero attached hydrogens (tertiary/aromatic N) is 2. The molecule has 1 aromatic heterocycles. The number of benzene rings is 2. The molecule has 0 fully saturated rings. The minimum Gasteiger partial charge on any atom is -0.324 e. The number of para-hydroxylation sites is 1. The van der Waals surface area contributed by atoms with E-state index >= 15 is 0 Å². The second-order valence-electron chi connectivity index (χ2n) is 6.60. The van der Waals surface area contributed by atoms with Crippen LogP contribution in [0.15, 0.2) is 73.1 Å². The Kier molecular flexibility index (Phi) is 37.1. The van der Waals surface area contributed by atoms with Crippen LogP contribution in [-0.4, -0.2) is 9.97 Å². The van der Waals surface area contributed by atoms with Crippen LogP contribution in [-0.2, 0) is 12.8 Å². The molecule has 0 saturated carbocycles. The molecule has 3 aromatic rings. The number of hydrogen-bond donors (Lipinski definition) is 1. The molecular weight excluding hydrogens is 414 g/mol. The maximum absolute atomic E-state index is 4.36. The lowest BCUT2D eigenvalue weighted by molar-refractivity contribution is 0.886. The lowest BCUT2D eigenvalue weighted by Gasteiger charge is -2.05. The molecule has 3 rings (SSSR count). The van der Waals surface area contributed by atoms with Crippen molar-refractivity contribution in [2.24, 2.45) is 0 Å². The van der Waals surface area contributed by atoms with Crippen molar-refractivity contribution in [1.29, 1.82) is 0 Å². The van der Waals surface area contributed by atoms with Crippen LogP contribution >= 0.6 is 0 Å². The predicted molar refractivity (Wildman–Crippen MR) is 160 cm³/mol. The third kappa shape index (κ3) is 21.2. The van der Waals surface area contributed by atoms with E-state index in [-0.39, 0.29) is 29.7 Å². The highest BCUT2D eigenvalue weighted by atomic mass is 15.1. The van der Waals surface area contributed by atoms with Gasteiger partial charge in [-0.3, -0.25) is 0 Å². The first kappa shape index (κ1) is 41.6. The smallest absolute Gasteiger partial charge is 0.227 e. The molecule has 0 aliphatic rings. The van der Waals surface area contributed by atoms with Gasteiger partial charge in [0.2, 0.25) is 5.95 Å². The molecule has 0 bridgehead atoms. The third-order valence-corrected chi connectivity index (χ3v) is 3.78. The third-order valence-electron chi connectivity index (χ3n) is 3.78. The molecule has 34 heavy (non-hydrogen) atoms. The molecule has 2 aromatic carbocycles. The molecule has 0 aliphatic carbocycles. The van der Waals surface area contributed by atoms with E-state index in [1.807, 2.05) is 62.6 Å². The first-order valence-corrected chi connectivity index (χ1v) is 11.4. The van der Waals surface area contributed by atoms with Gasteiger partial charge in [-0.2, -0.15) is 0 Å². The van der Waals surface area contributed by atoms with Crippen LogP contribution < -0.4 is 5.32 Å². The molecule has 3 nitrogen and oxygen atoms in total. The Morgan fingerprint density at radius 3 is 1.38 bits per heavy atom. The van der Waals surface area contributed by atoms with Crippen molar-refractivity contribution >= 4 is 11.6 Å². The van der Waals surface area contributed by atoms with Crippen LogP contribution in [0, 0.1) is 0 Å². The molecule has 0 spiro atoms. The Bertz CT molecular complexity index is 709. The standard InChI is InChI=1S/C18H17N3.C4H10.C3H8.C2H6.4CH4/c1-3-7-15(8-4-1)11-12-16-13-19-18(20-14-16)21-17-9-5-2-6-10-17;1-3-4-2;1-3-2;1-2;;;;/h1-10,13-14H,11-12H2,(H,19,20,21);3-4H2,1-2H3;3H2,1-2H3;1-2H3;4*1H4. The zero-order valence-corrected chi connectivity index (χ0v) is 19.9. The average Bonchev–Trinajstić information content (AvgIpc) is 2.82. The molecule has 1 N–H and O–H groups in total. The Balaban J connectivity index is -0.000000190. The molecule has 196 valence electrons. The summed E-state index contributed by atoms with van der Waals surface area (Å²) in [6, 6.07) is 20.4. The van der Waals surface area contributed by atoms with Gasteiger partial charge in [0.1, 0.15) is 0 Å². The van der Waals surface area contributed by atoms with Crippen LogP contribution in [0.5, 0.6) is 0 Å². The van der Waals surface area contributed by atoms with Crippen molar-refractivity contribution in [1.82, 2.24) is 9.97 Å². The van der Waals surface area contributed by atoms with Crippen molar-refractivity contribution in [3.05, 3.63) is 84.2 Å². The lowest BCUT2D eigenvalue weighted by atomic mass is 10.1. The van der Waals surface area contributed by atoms with E-state index < -0.39 is 0 Å². The van der Waals surface area contributed by atoms with E-state index in [2.05, 4.69) is 67.2 Å². The number of hydrogen-bond acceptors (Lipinski definition) is 3. The van der Waals surface area contributed by atoms with Gasteiger partial charge >= 0.3 is 0 Å². The number of aryl methyl sites for hydroxylation is 2. The van der Waals surface area contributed by atoms with Gasteiger partial charge in [-0.15, -0.1) is 0 Å². The summed E-state index contributed by atoms with van der Waals surface area (Å²) in [5, 5.41) is 3.18. The van der Waals surface area contributed by atoms with Crippen LogP contribution in [0.2, 0.25) is 0 Å². The van der Waals surface area contributed by atoms with Crippen LogP contribution in [0.1, 0.15) is 102 Å². The van der Waals surface area contributed by atoms with Crippen molar-refractivity contribution < 1.29 is 0 Å². The summed E-state index contributed by atoms with van der Waals surface area (Å²) < 4.78 is 0. The van der Waals surface area contributed by atoms with Gasteiger partial charge in [-0.05, 0) is 36.1 Å². The molecule has 0 unspecified atom stereocenters. The van der Waals surface area contributed by atoms with Crippen LogP contribution in [0.25, 0.3) is 0 Å². The Morgan fingerprint density at radius 1 is 0.588 bits per heavy atom. The molecule has 0 saturated heterocycles. The second kappa shape index (κ2) is 30.3. The van der Waals surface area contributed by atoms with Crippen LogP contribution in [0.4, 0.5) is 11.6 Å². The highest BCUT2D eigenvalue weighted by molar-refractivity contribution is 5.52. The van der Waals surface area contributed by atoms with Gasteiger partial charge in [-0.1, -0.05) is 139 Å². The predicted octanol–water partition coefficient (Wildman–Crippen LogP) is 10.8. The maximum Gasteiger partial charge on any atom is 0.227 e. The van der Waals surface area contributed by atoms with Crippen molar-refractivity contribution in [3.63, 3.8) is 0 Å². The topological polar surface area (TPSA) is 37.8 Å². The molecule has 0 atom stereocenters. The van der Waals surface area contributed by atoms with E-state index in [1.165, 1.54) is 24.8 Å². The molecule has 0 amide bonds. The molecule has 3 heteroatoms. The first-order chi connectivity index (χ1) is 14.7. The van der Waals surface area contributed by atoms with E-state index in [0.717, 1.165) is 24.1 Å².